The summed E-state index contributed by atoms with van der Waals surface area (Å²) < 4.78 is 59.4. The first kappa shape index (κ1) is 33.4. The molecule has 9 N–H and O–H groups in total. The van der Waals surface area contributed by atoms with E-state index in [0.717, 1.165) is 11.3 Å². The molecule has 21 nitrogen and oxygen atoms in total. The van der Waals surface area contributed by atoms with E-state index >= 15 is 0 Å². The molecular formula is C17H20N7O14P3S2. The Balaban J connectivity index is 1.54. The fourth-order valence-electron chi connectivity index (χ4n) is 3.72. The van der Waals surface area contributed by atoms with Crippen LogP contribution in [0.1, 0.15) is 11.8 Å². The summed E-state index contributed by atoms with van der Waals surface area (Å²) in [4.78, 5) is 59.9. The van der Waals surface area contributed by atoms with Gasteiger partial charge in [-0.1, -0.05) is 12.2 Å². The van der Waals surface area contributed by atoms with Crippen molar-refractivity contribution >= 4 is 75.0 Å². The van der Waals surface area contributed by atoms with E-state index in [1.807, 2.05) is 6.07 Å². The van der Waals surface area contributed by atoms with Crippen molar-refractivity contribution in [1.82, 2.24) is 19.5 Å². The summed E-state index contributed by atoms with van der Waals surface area (Å²) in [5.41, 5.74) is 6.13. The Labute approximate surface area is 248 Å². The first-order chi connectivity index (χ1) is 20.0. The lowest BCUT2D eigenvalue weighted by atomic mass is 10.1. The third kappa shape index (κ3) is 8.37. The summed E-state index contributed by atoms with van der Waals surface area (Å²) in [6, 6.07) is 3.36. The van der Waals surface area contributed by atoms with Crippen molar-refractivity contribution in [3.8, 4) is 6.07 Å². The molecule has 3 aromatic heterocycles. The van der Waals surface area contributed by atoms with Crippen LogP contribution in [0.3, 0.4) is 0 Å². The number of rotatable bonds is 12. The second-order valence-electron chi connectivity index (χ2n) is 8.32. The van der Waals surface area contributed by atoms with Crippen molar-refractivity contribution in [3.05, 3.63) is 28.0 Å². The van der Waals surface area contributed by atoms with Crippen LogP contribution in [0, 0.1) is 16.0 Å². The van der Waals surface area contributed by atoms with E-state index in [1.54, 1.807) is 5.38 Å². The highest BCUT2D eigenvalue weighted by Gasteiger charge is 2.48. The van der Waals surface area contributed by atoms with Crippen molar-refractivity contribution < 1.29 is 65.8 Å². The first-order valence-corrected chi connectivity index (χ1v) is 17.0. The maximum absolute atomic E-state index is 12.5. The van der Waals surface area contributed by atoms with Gasteiger partial charge < -0.3 is 50.2 Å². The molecule has 1 fully saturated rings. The number of aromatic amines is 1. The van der Waals surface area contributed by atoms with E-state index in [4.69, 9.17) is 42.5 Å². The Morgan fingerprint density at radius 3 is 2.67 bits per heavy atom. The number of anilines is 2. The number of aliphatic hydroxyl groups is 1. The summed E-state index contributed by atoms with van der Waals surface area (Å²) in [5.74, 6) is -0.860. The fraction of sp³-hybridized carbons (Fsp3) is 0.353. The smallest absolute Gasteiger partial charge is 0.386 e. The average Bonchev–Trinajstić information content (AvgIpc) is 3.56. The first-order valence-electron chi connectivity index (χ1n) is 11.2. The van der Waals surface area contributed by atoms with Crippen LogP contribution < -0.4 is 11.1 Å². The highest BCUT2D eigenvalue weighted by molar-refractivity contribution is 7.71. The lowest BCUT2D eigenvalue weighted by Gasteiger charge is -2.22. The minimum Gasteiger partial charge on any atom is -0.386 e. The van der Waals surface area contributed by atoms with Gasteiger partial charge in [-0.3, -0.25) is 13.9 Å². The number of nitriles is 1. The van der Waals surface area contributed by atoms with Crippen LogP contribution in [-0.2, 0) is 41.1 Å². The summed E-state index contributed by atoms with van der Waals surface area (Å²) in [6.07, 6.45) is -4.89. The number of nitrogens with two attached hydrogens (primary N) is 1. The lowest BCUT2D eigenvalue weighted by Crippen LogP contribution is -2.38. The van der Waals surface area contributed by atoms with Gasteiger partial charge in [-0.25, -0.2) is 18.7 Å². The summed E-state index contributed by atoms with van der Waals surface area (Å²) in [7, 11) is -17.0. The maximum Gasteiger partial charge on any atom is 0.490 e. The molecule has 6 unspecified atom stereocenters. The molecule has 6 atom stereocenters. The van der Waals surface area contributed by atoms with Crippen LogP contribution >= 0.6 is 47.0 Å². The van der Waals surface area contributed by atoms with Crippen molar-refractivity contribution in [2.24, 2.45) is 0 Å². The van der Waals surface area contributed by atoms with Crippen molar-refractivity contribution in [1.29, 1.82) is 5.26 Å². The third-order valence-electron chi connectivity index (χ3n) is 5.30. The second kappa shape index (κ2) is 12.9. The number of fused-ring (bicyclic) bond motifs is 1. The number of phosphoric ester groups is 1. The molecule has 1 saturated heterocycles. The van der Waals surface area contributed by atoms with Gasteiger partial charge in [0.15, 0.2) is 11.9 Å². The van der Waals surface area contributed by atoms with Crippen molar-refractivity contribution in [3.63, 3.8) is 0 Å². The molecule has 0 aliphatic carbocycles. The summed E-state index contributed by atoms with van der Waals surface area (Å²) >= 11 is 6.23. The number of hydrogen-bond donors (Lipinski definition) is 8. The molecule has 0 aromatic carbocycles. The minimum absolute atomic E-state index is 0.0528. The molecule has 1 amide bonds. The quantitative estimate of drug-likeness (QED) is 0.0947. The number of carbonyl (C=O) groups is 1. The fourth-order valence-corrected chi connectivity index (χ4v) is 7.75. The van der Waals surface area contributed by atoms with E-state index in [9.17, 15) is 33.4 Å². The maximum atomic E-state index is 12.5. The van der Waals surface area contributed by atoms with Gasteiger partial charge in [0.2, 0.25) is 5.95 Å². The van der Waals surface area contributed by atoms with E-state index in [0.29, 0.717) is 0 Å². The lowest BCUT2D eigenvalue weighted by molar-refractivity contribution is -0.126. The zero-order valence-electron chi connectivity index (χ0n) is 20.9. The molecule has 0 bridgehead atoms. The monoisotopic (exact) mass is 703 g/mol. The van der Waals surface area contributed by atoms with Crippen LogP contribution in [0.25, 0.3) is 11.2 Å². The Bertz CT molecular complexity index is 1770. The van der Waals surface area contributed by atoms with E-state index in [2.05, 4.69) is 33.4 Å². The van der Waals surface area contributed by atoms with Gasteiger partial charge in [0, 0.05) is 0 Å². The Morgan fingerprint density at radius 1 is 1.28 bits per heavy atom. The number of carbonyl (C=O) groups excluding carboxylic acids is 1. The van der Waals surface area contributed by atoms with E-state index < -0.39 is 67.1 Å². The highest BCUT2D eigenvalue weighted by Crippen LogP contribution is 2.66. The number of amides is 1. The molecule has 1 aliphatic heterocycles. The molecule has 43 heavy (non-hydrogen) atoms. The van der Waals surface area contributed by atoms with Gasteiger partial charge in [0.1, 0.15) is 46.1 Å². The average molecular weight is 703 g/mol. The zero-order chi connectivity index (χ0) is 31.7. The van der Waals surface area contributed by atoms with Crippen LogP contribution in [-0.4, -0.2) is 81.6 Å². The van der Waals surface area contributed by atoms with Gasteiger partial charge in [0.25, 0.3) is 5.91 Å². The highest BCUT2D eigenvalue weighted by atomic mass is 32.1. The number of nitrogens with zero attached hydrogens (tertiary/aromatic N) is 4. The van der Waals surface area contributed by atoms with Crippen LogP contribution in [0.4, 0.5) is 10.9 Å². The van der Waals surface area contributed by atoms with Gasteiger partial charge in [-0.15, -0.1) is 11.3 Å². The van der Waals surface area contributed by atoms with Gasteiger partial charge in [-0.2, -0.15) is 18.9 Å². The topological polar surface area (TPSA) is 324 Å². The number of aliphatic hydroxyl groups excluding tert-OH is 1. The van der Waals surface area contributed by atoms with Crippen LogP contribution in [0.5, 0.6) is 0 Å². The molecule has 0 spiro atoms. The Kier molecular flexibility index (Phi) is 9.99. The Hall–Kier alpha value is -2.48. The molecular weight excluding hydrogens is 683 g/mol. The molecule has 3 aromatic rings. The zero-order valence-corrected chi connectivity index (χ0v) is 25.2. The SMILES string of the molecule is N#Cc1ccsc1NC(=O)COC1C(COP(=O)(O)OP(=O)(O)OP(=O)(O)O)OC(n2cnc3c(=S)[nH]c(N)nc32)C1O. The number of ether oxygens (including phenoxy) is 2. The van der Waals surface area contributed by atoms with E-state index in [-0.39, 0.29) is 32.3 Å². The molecule has 26 heteroatoms. The van der Waals surface area contributed by atoms with Gasteiger partial charge in [-0.05, 0) is 11.4 Å². The number of H-pyrrole nitrogens is 1. The minimum atomic E-state index is -5.82. The van der Waals surface area contributed by atoms with Crippen molar-refractivity contribution in [2.45, 2.75) is 24.5 Å². The normalized spacial score (nSPS) is 23.4. The molecule has 4 heterocycles. The van der Waals surface area contributed by atoms with Gasteiger partial charge in [0.05, 0.1) is 18.5 Å². The van der Waals surface area contributed by atoms with Gasteiger partial charge >= 0.3 is 23.5 Å². The van der Waals surface area contributed by atoms with Crippen molar-refractivity contribution in [2.75, 3.05) is 24.3 Å². The number of nitrogens with one attached hydrogen (secondary N) is 2. The van der Waals surface area contributed by atoms with Crippen LogP contribution in [0.15, 0.2) is 17.8 Å². The summed E-state index contributed by atoms with van der Waals surface area (Å²) in [6.45, 7) is -1.75. The number of nitrogen functional groups attached to an aromatic ring is 1. The standard InChI is InChI=1S/C17H20N7O14P3S2/c18-3-7-1-2-43-15(7)21-9(25)5-34-12-8(4-35-40(30,31)38-41(32,33)37-39(27,28)29)36-16(11(12)26)24-6-20-10-13(24)22-17(19)23-14(10)42/h1-2,6,8,11-12,16,26H,4-5H2,(H,21,25)(H,30,31)(H,32,33)(H2,27,28,29)(H3,19,22,23,42). The number of thiophene rings is 1. The predicted molar refractivity (Wildman–Crippen MR) is 144 cm³/mol. The van der Waals surface area contributed by atoms with E-state index in [1.165, 1.54) is 17.0 Å². The summed E-state index contributed by atoms with van der Waals surface area (Å²) in [5, 5.41) is 24.5. The third-order valence-corrected chi connectivity index (χ3v) is 10.2. The number of hydrogen-bond acceptors (Lipinski definition) is 16. The molecule has 0 saturated carbocycles. The largest absolute Gasteiger partial charge is 0.490 e. The van der Waals surface area contributed by atoms with Crippen LogP contribution in [0.2, 0.25) is 0 Å². The number of phosphoric acid groups is 3. The molecule has 1 aliphatic rings. The number of imidazole rings is 1. The molecule has 234 valence electrons. The molecule has 0 radical (unpaired) electrons. The Morgan fingerprint density at radius 2 is 2.00 bits per heavy atom. The number of aromatic nitrogens is 4. The molecule has 4 rings (SSSR count). The second-order valence-corrected chi connectivity index (χ2v) is 14.1. The predicted octanol–water partition coefficient (Wildman–Crippen LogP) is 0.630.